The highest BCUT2D eigenvalue weighted by Gasteiger charge is 2.20. The lowest BCUT2D eigenvalue weighted by Gasteiger charge is -2.32. The third-order valence-electron chi connectivity index (χ3n) is 4.68. The normalized spacial score (nSPS) is 15.7. The number of H-pyrrole nitrogens is 1. The molecular formula is C19H24N4O3. The van der Waals surface area contributed by atoms with Crippen molar-refractivity contribution in [3.05, 3.63) is 69.0 Å². The first-order valence-corrected chi connectivity index (χ1v) is 8.95. The molecule has 0 atom stereocenters. The summed E-state index contributed by atoms with van der Waals surface area (Å²) in [5.74, 6) is -0.0652. The Balaban J connectivity index is 1.40. The summed E-state index contributed by atoms with van der Waals surface area (Å²) in [6.07, 6.45) is 3.49. The summed E-state index contributed by atoms with van der Waals surface area (Å²) < 4.78 is 1.34. The molecular weight excluding hydrogens is 332 g/mol. The fourth-order valence-electron chi connectivity index (χ4n) is 3.22. The largest absolute Gasteiger partial charge is 0.353 e. The van der Waals surface area contributed by atoms with Gasteiger partial charge in [-0.05, 0) is 18.4 Å². The molecule has 2 N–H and O–H groups in total. The number of nitrogens with one attached hydrogen (secondary N) is 2. The van der Waals surface area contributed by atoms with E-state index in [-0.39, 0.29) is 24.9 Å². The van der Waals surface area contributed by atoms with E-state index in [1.54, 1.807) is 0 Å². The lowest BCUT2D eigenvalue weighted by molar-refractivity contribution is -0.122. The van der Waals surface area contributed by atoms with Crippen LogP contribution >= 0.6 is 0 Å². The number of benzene rings is 1. The first kappa shape index (κ1) is 18.1. The van der Waals surface area contributed by atoms with Gasteiger partial charge in [-0.15, -0.1) is 0 Å². The Bertz CT molecular complexity index is 836. The summed E-state index contributed by atoms with van der Waals surface area (Å²) in [4.78, 5) is 39.3. The number of aromatic nitrogens is 2. The molecule has 7 nitrogen and oxygen atoms in total. The lowest BCUT2D eigenvalue weighted by atomic mass is 10.0. The molecule has 0 unspecified atom stereocenters. The third kappa shape index (κ3) is 5.16. The first-order chi connectivity index (χ1) is 12.6. The number of rotatable bonds is 6. The Morgan fingerprint density at radius 1 is 1.12 bits per heavy atom. The Morgan fingerprint density at radius 2 is 1.85 bits per heavy atom. The average Bonchev–Trinajstić information content (AvgIpc) is 2.63. The van der Waals surface area contributed by atoms with Crippen LogP contribution in [0.5, 0.6) is 0 Å². The quantitative estimate of drug-likeness (QED) is 0.798. The molecule has 0 saturated carbocycles. The van der Waals surface area contributed by atoms with Gasteiger partial charge in [0.1, 0.15) is 0 Å². The molecule has 2 aromatic rings. The van der Waals surface area contributed by atoms with Crippen molar-refractivity contribution in [3.8, 4) is 0 Å². The Hall–Kier alpha value is -2.67. The molecule has 1 fully saturated rings. The maximum atomic E-state index is 12.1. The van der Waals surface area contributed by atoms with Crippen LogP contribution in [-0.2, 0) is 17.9 Å². The molecule has 0 radical (unpaired) electrons. The smallest absolute Gasteiger partial charge is 0.328 e. The SMILES string of the molecule is O=C(CCn1ccc(=O)[nH]c1=O)NC1CCN(Cc2ccccc2)CC1. The van der Waals surface area contributed by atoms with Crippen LogP contribution in [0, 0.1) is 0 Å². The summed E-state index contributed by atoms with van der Waals surface area (Å²) >= 11 is 0. The van der Waals surface area contributed by atoms with Crippen LogP contribution in [0.15, 0.2) is 52.2 Å². The summed E-state index contributed by atoms with van der Waals surface area (Å²) in [5, 5.41) is 3.05. The topological polar surface area (TPSA) is 87.2 Å². The highest BCUT2D eigenvalue weighted by Crippen LogP contribution is 2.14. The van der Waals surface area contributed by atoms with Crippen molar-refractivity contribution < 1.29 is 4.79 Å². The van der Waals surface area contributed by atoms with Gasteiger partial charge in [0.05, 0.1) is 0 Å². The van der Waals surface area contributed by atoms with Crippen molar-refractivity contribution >= 4 is 5.91 Å². The van der Waals surface area contributed by atoms with Crippen LogP contribution < -0.4 is 16.6 Å². The van der Waals surface area contributed by atoms with E-state index in [0.717, 1.165) is 32.5 Å². The molecule has 0 bridgehead atoms. The van der Waals surface area contributed by atoms with E-state index in [1.807, 2.05) is 6.07 Å². The molecule has 0 spiro atoms. The highest BCUT2D eigenvalue weighted by molar-refractivity contribution is 5.76. The zero-order valence-corrected chi connectivity index (χ0v) is 14.7. The van der Waals surface area contributed by atoms with Gasteiger partial charge in [-0.2, -0.15) is 0 Å². The van der Waals surface area contributed by atoms with E-state index in [4.69, 9.17) is 0 Å². The van der Waals surface area contributed by atoms with E-state index in [1.165, 1.54) is 22.4 Å². The molecule has 1 aromatic heterocycles. The second-order valence-corrected chi connectivity index (χ2v) is 6.66. The van der Waals surface area contributed by atoms with E-state index in [2.05, 4.69) is 39.5 Å². The summed E-state index contributed by atoms with van der Waals surface area (Å²) in [6.45, 7) is 3.11. The van der Waals surface area contributed by atoms with Gasteiger partial charge in [0.25, 0.3) is 5.56 Å². The van der Waals surface area contributed by atoms with Crippen molar-refractivity contribution in [1.82, 2.24) is 19.8 Å². The number of nitrogens with zero attached hydrogens (tertiary/aromatic N) is 2. The third-order valence-corrected chi connectivity index (χ3v) is 4.68. The molecule has 2 heterocycles. The zero-order valence-electron chi connectivity index (χ0n) is 14.7. The number of aromatic amines is 1. The molecule has 1 aliphatic heterocycles. The van der Waals surface area contributed by atoms with Gasteiger partial charge in [0.15, 0.2) is 0 Å². The lowest BCUT2D eigenvalue weighted by Crippen LogP contribution is -2.44. The highest BCUT2D eigenvalue weighted by atomic mass is 16.2. The predicted octanol–water partition coefficient (Wildman–Crippen LogP) is 0.708. The Labute approximate surface area is 151 Å². The molecule has 3 rings (SSSR count). The predicted molar refractivity (Wildman–Crippen MR) is 98.8 cm³/mol. The number of amides is 1. The van der Waals surface area contributed by atoms with Gasteiger partial charge < -0.3 is 9.88 Å². The van der Waals surface area contributed by atoms with Gasteiger partial charge >= 0.3 is 5.69 Å². The summed E-state index contributed by atoms with van der Waals surface area (Å²) in [6, 6.07) is 11.8. The monoisotopic (exact) mass is 356 g/mol. The minimum absolute atomic E-state index is 0.0652. The minimum Gasteiger partial charge on any atom is -0.353 e. The number of likely N-dealkylation sites (tertiary alicyclic amines) is 1. The molecule has 26 heavy (non-hydrogen) atoms. The van der Waals surface area contributed by atoms with E-state index >= 15 is 0 Å². The van der Waals surface area contributed by atoms with Crippen molar-refractivity contribution in [3.63, 3.8) is 0 Å². The molecule has 1 aromatic carbocycles. The fourth-order valence-corrected chi connectivity index (χ4v) is 3.22. The number of carbonyl (C=O) groups is 1. The Morgan fingerprint density at radius 3 is 2.54 bits per heavy atom. The van der Waals surface area contributed by atoms with E-state index in [0.29, 0.717) is 0 Å². The molecule has 1 saturated heterocycles. The molecule has 0 aliphatic carbocycles. The van der Waals surface area contributed by atoms with Gasteiger partial charge in [-0.25, -0.2) is 4.79 Å². The second kappa shape index (κ2) is 8.62. The van der Waals surface area contributed by atoms with Gasteiger partial charge in [0.2, 0.25) is 5.91 Å². The molecule has 1 amide bonds. The minimum atomic E-state index is -0.487. The van der Waals surface area contributed by atoms with Crippen LogP contribution in [0.25, 0.3) is 0 Å². The van der Waals surface area contributed by atoms with E-state index in [9.17, 15) is 14.4 Å². The van der Waals surface area contributed by atoms with Crippen LogP contribution in [0.3, 0.4) is 0 Å². The number of piperidine rings is 1. The zero-order chi connectivity index (χ0) is 18.4. The molecule has 138 valence electrons. The number of hydrogen-bond acceptors (Lipinski definition) is 4. The van der Waals surface area contributed by atoms with Gasteiger partial charge in [0, 0.05) is 50.9 Å². The standard InChI is InChI=1S/C19H24N4O3/c24-17(8-12-23-13-9-18(25)21-19(23)26)20-16-6-10-22(11-7-16)14-15-4-2-1-3-5-15/h1-5,9,13,16H,6-8,10-12,14H2,(H,20,24)(H,21,25,26). The van der Waals surface area contributed by atoms with E-state index < -0.39 is 11.2 Å². The average molecular weight is 356 g/mol. The van der Waals surface area contributed by atoms with Crippen LogP contribution in [0.1, 0.15) is 24.8 Å². The Kier molecular flexibility index (Phi) is 6.01. The number of hydrogen-bond donors (Lipinski definition) is 2. The van der Waals surface area contributed by atoms with Crippen LogP contribution in [0.2, 0.25) is 0 Å². The summed E-state index contributed by atoms with van der Waals surface area (Å²) in [5.41, 5.74) is 0.388. The van der Waals surface area contributed by atoms with Crippen LogP contribution in [0.4, 0.5) is 0 Å². The summed E-state index contributed by atoms with van der Waals surface area (Å²) in [7, 11) is 0. The van der Waals surface area contributed by atoms with Crippen molar-refractivity contribution in [2.75, 3.05) is 13.1 Å². The number of carbonyl (C=O) groups excluding carboxylic acids is 1. The van der Waals surface area contributed by atoms with Crippen LogP contribution in [-0.4, -0.2) is 39.5 Å². The molecule has 1 aliphatic rings. The van der Waals surface area contributed by atoms with Crippen molar-refractivity contribution in [2.24, 2.45) is 0 Å². The van der Waals surface area contributed by atoms with Gasteiger partial charge in [-0.3, -0.25) is 19.5 Å². The van der Waals surface area contributed by atoms with Crippen molar-refractivity contribution in [2.45, 2.75) is 38.4 Å². The molecule has 7 heteroatoms. The second-order valence-electron chi connectivity index (χ2n) is 6.66. The fraction of sp³-hybridized carbons (Fsp3) is 0.421. The van der Waals surface area contributed by atoms with Gasteiger partial charge in [-0.1, -0.05) is 30.3 Å². The maximum Gasteiger partial charge on any atom is 0.328 e. The number of aryl methyl sites for hydroxylation is 1. The van der Waals surface area contributed by atoms with Crippen molar-refractivity contribution in [1.29, 1.82) is 0 Å². The first-order valence-electron chi connectivity index (χ1n) is 8.95. The maximum absolute atomic E-state index is 12.1.